The molecule has 2 aliphatic rings. The number of nitrogens with zero attached hydrogens (tertiary/aromatic N) is 1. The van der Waals surface area contributed by atoms with E-state index in [0.29, 0.717) is 11.3 Å². The van der Waals surface area contributed by atoms with Gasteiger partial charge in [-0.2, -0.15) is 0 Å². The number of fused-ring (bicyclic) bond motifs is 1. The minimum absolute atomic E-state index is 0.0166. The van der Waals surface area contributed by atoms with E-state index < -0.39 is 0 Å². The molecular weight excluding hydrogens is 358 g/mol. The third kappa shape index (κ3) is 4.06. The van der Waals surface area contributed by atoms with Crippen LogP contribution in [0.15, 0.2) is 24.3 Å². The molecule has 0 bridgehead atoms. The quantitative estimate of drug-likeness (QED) is 0.577. The summed E-state index contributed by atoms with van der Waals surface area (Å²) >= 11 is 0. The van der Waals surface area contributed by atoms with Crippen LogP contribution in [-0.4, -0.2) is 41.6 Å². The highest BCUT2D eigenvalue weighted by atomic mass is 16.2. The third-order valence-corrected chi connectivity index (χ3v) is 5.29. The Hall–Kier alpha value is -3.14. The largest absolute Gasteiger partial charge is 0.341 e. The number of likely N-dealkylation sites (tertiary alicyclic amines) is 1. The maximum atomic E-state index is 12.5. The first-order chi connectivity index (χ1) is 13.5. The zero-order valence-corrected chi connectivity index (χ0v) is 15.6. The van der Waals surface area contributed by atoms with Gasteiger partial charge in [-0.25, -0.2) is 0 Å². The Morgan fingerprint density at radius 1 is 1.11 bits per heavy atom. The first-order valence-electron chi connectivity index (χ1n) is 9.48. The van der Waals surface area contributed by atoms with Gasteiger partial charge in [0.15, 0.2) is 0 Å². The lowest BCUT2D eigenvalue weighted by Gasteiger charge is -2.19. The molecule has 1 heterocycles. The zero-order chi connectivity index (χ0) is 20.1. The van der Waals surface area contributed by atoms with Crippen molar-refractivity contribution >= 4 is 29.3 Å². The molecule has 0 radical (unpaired) electrons. The number of carbonyl (C=O) groups is 4. The van der Waals surface area contributed by atoms with E-state index in [1.165, 1.54) is 4.90 Å². The zero-order valence-electron chi connectivity index (χ0n) is 15.6. The van der Waals surface area contributed by atoms with Gasteiger partial charge in [0.25, 0.3) is 5.91 Å². The first kappa shape index (κ1) is 19.6. The molecule has 4 amide bonds. The molecule has 1 aliphatic carbocycles. The van der Waals surface area contributed by atoms with E-state index in [-0.39, 0.29) is 55.0 Å². The Morgan fingerprint density at radius 3 is 2.39 bits per heavy atom. The lowest BCUT2D eigenvalue weighted by molar-refractivity contribution is -0.140. The monoisotopic (exact) mass is 381 g/mol. The molecule has 7 nitrogen and oxygen atoms in total. The highest BCUT2D eigenvalue weighted by Crippen LogP contribution is 2.37. The summed E-state index contributed by atoms with van der Waals surface area (Å²) in [6.45, 7) is 0.143. The lowest BCUT2D eigenvalue weighted by atomic mass is 9.81. The molecule has 2 fully saturated rings. The Bertz CT molecular complexity index is 818. The van der Waals surface area contributed by atoms with E-state index in [2.05, 4.69) is 16.6 Å². The molecular formula is C21H23N3O4. The van der Waals surface area contributed by atoms with Crippen molar-refractivity contribution < 1.29 is 19.2 Å². The molecule has 7 heteroatoms. The molecule has 2 N–H and O–H groups in total. The van der Waals surface area contributed by atoms with Crippen molar-refractivity contribution in [2.45, 2.75) is 32.1 Å². The predicted octanol–water partition coefficient (Wildman–Crippen LogP) is 1.55. The molecule has 1 aliphatic heterocycles. The number of nitrogens with one attached hydrogen (secondary N) is 2. The number of carbonyl (C=O) groups excluding carboxylic acids is 4. The summed E-state index contributed by atoms with van der Waals surface area (Å²) in [5, 5.41) is 5.24. The van der Waals surface area contributed by atoms with Crippen LogP contribution in [0.3, 0.4) is 0 Å². The fraction of sp³-hybridized carbons (Fsp3) is 0.429. The standard InChI is InChI=1S/C21H23N3O4/c1-2-12-22-19(26)16-9-5-6-10-17(16)23-18(25)11-13-24-20(27)14-7-3-4-8-15(14)21(24)28/h1,5-6,9-10,14-15H,3-4,7-8,11-13H2,(H,22,26)(H,23,25). The summed E-state index contributed by atoms with van der Waals surface area (Å²) < 4.78 is 0. The summed E-state index contributed by atoms with van der Waals surface area (Å²) in [4.78, 5) is 50.7. The maximum absolute atomic E-state index is 12.5. The number of amides is 4. The summed E-state index contributed by atoms with van der Waals surface area (Å²) in [5.41, 5.74) is 0.653. The Labute approximate surface area is 163 Å². The molecule has 0 aromatic heterocycles. The molecule has 0 spiro atoms. The second-order valence-corrected chi connectivity index (χ2v) is 7.06. The van der Waals surface area contributed by atoms with E-state index in [0.717, 1.165) is 25.7 Å². The lowest BCUT2D eigenvalue weighted by Crippen LogP contribution is -2.34. The minimum atomic E-state index is -0.386. The summed E-state index contributed by atoms with van der Waals surface area (Å²) in [5.74, 6) is 0.819. The average molecular weight is 381 g/mol. The van der Waals surface area contributed by atoms with E-state index in [9.17, 15) is 19.2 Å². The highest BCUT2D eigenvalue weighted by molar-refractivity contribution is 6.06. The fourth-order valence-electron chi connectivity index (χ4n) is 3.89. The van der Waals surface area contributed by atoms with Crippen molar-refractivity contribution in [3.05, 3.63) is 29.8 Å². The van der Waals surface area contributed by atoms with Crippen LogP contribution < -0.4 is 10.6 Å². The topological polar surface area (TPSA) is 95.6 Å². The van der Waals surface area contributed by atoms with Crippen LogP contribution >= 0.6 is 0 Å². The molecule has 1 aromatic rings. The average Bonchev–Trinajstić information content (AvgIpc) is 2.95. The van der Waals surface area contributed by atoms with Crippen molar-refractivity contribution in [3.8, 4) is 12.3 Å². The van der Waals surface area contributed by atoms with E-state index >= 15 is 0 Å². The van der Waals surface area contributed by atoms with Gasteiger partial charge in [0.05, 0.1) is 29.6 Å². The van der Waals surface area contributed by atoms with Crippen LogP contribution in [0.2, 0.25) is 0 Å². The molecule has 2 unspecified atom stereocenters. The molecule has 1 saturated carbocycles. The van der Waals surface area contributed by atoms with Crippen LogP contribution in [-0.2, 0) is 14.4 Å². The van der Waals surface area contributed by atoms with Gasteiger partial charge in [-0.05, 0) is 25.0 Å². The Kier molecular flexibility index (Phi) is 6.09. The van der Waals surface area contributed by atoms with E-state index in [1.807, 2.05) is 0 Å². The van der Waals surface area contributed by atoms with Crippen molar-refractivity contribution in [1.82, 2.24) is 10.2 Å². The minimum Gasteiger partial charge on any atom is -0.341 e. The number of hydrogen-bond acceptors (Lipinski definition) is 4. The van der Waals surface area contributed by atoms with Gasteiger partial charge in [0, 0.05) is 13.0 Å². The molecule has 3 rings (SSSR count). The van der Waals surface area contributed by atoms with Crippen molar-refractivity contribution in [3.63, 3.8) is 0 Å². The normalized spacial score (nSPS) is 21.0. The predicted molar refractivity (Wildman–Crippen MR) is 103 cm³/mol. The second kappa shape index (κ2) is 8.70. The van der Waals surface area contributed by atoms with E-state index in [4.69, 9.17) is 6.42 Å². The molecule has 2 atom stereocenters. The summed E-state index contributed by atoms with van der Waals surface area (Å²) in [6.07, 6.45) is 8.55. The van der Waals surface area contributed by atoms with Gasteiger partial charge in [0.2, 0.25) is 17.7 Å². The van der Waals surface area contributed by atoms with Crippen LogP contribution in [0.1, 0.15) is 42.5 Å². The van der Waals surface area contributed by atoms with Gasteiger partial charge in [-0.15, -0.1) is 6.42 Å². The number of hydrogen-bond donors (Lipinski definition) is 2. The summed E-state index contributed by atoms with van der Waals surface area (Å²) in [7, 11) is 0. The second-order valence-electron chi connectivity index (χ2n) is 7.06. The number of imide groups is 1. The number of terminal acetylenes is 1. The van der Waals surface area contributed by atoms with Gasteiger partial charge in [-0.1, -0.05) is 30.9 Å². The van der Waals surface area contributed by atoms with Crippen molar-refractivity contribution in [2.24, 2.45) is 11.8 Å². The van der Waals surface area contributed by atoms with Crippen molar-refractivity contribution in [1.29, 1.82) is 0 Å². The first-order valence-corrected chi connectivity index (χ1v) is 9.48. The highest BCUT2D eigenvalue weighted by Gasteiger charge is 2.47. The van der Waals surface area contributed by atoms with Crippen LogP contribution in [0.5, 0.6) is 0 Å². The van der Waals surface area contributed by atoms with Crippen LogP contribution in [0.4, 0.5) is 5.69 Å². The van der Waals surface area contributed by atoms with Crippen LogP contribution in [0, 0.1) is 24.2 Å². The van der Waals surface area contributed by atoms with Gasteiger partial charge < -0.3 is 10.6 Å². The maximum Gasteiger partial charge on any atom is 0.254 e. The van der Waals surface area contributed by atoms with Gasteiger partial charge >= 0.3 is 0 Å². The SMILES string of the molecule is C#CCNC(=O)c1ccccc1NC(=O)CCN1C(=O)C2CCCCC2C1=O. The van der Waals surface area contributed by atoms with Crippen molar-refractivity contribution in [2.75, 3.05) is 18.4 Å². The molecule has 1 saturated heterocycles. The van der Waals surface area contributed by atoms with Crippen LogP contribution in [0.25, 0.3) is 0 Å². The third-order valence-electron chi connectivity index (χ3n) is 5.29. The number of anilines is 1. The Balaban J connectivity index is 1.60. The smallest absolute Gasteiger partial charge is 0.254 e. The number of rotatable bonds is 6. The number of benzene rings is 1. The van der Waals surface area contributed by atoms with Gasteiger partial charge in [0.1, 0.15) is 0 Å². The van der Waals surface area contributed by atoms with Gasteiger partial charge in [-0.3, -0.25) is 24.1 Å². The molecule has 1 aromatic carbocycles. The summed E-state index contributed by atoms with van der Waals surface area (Å²) in [6, 6.07) is 6.58. The molecule has 28 heavy (non-hydrogen) atoms. The van der Waals surface area contributed by atoms with E-state index in [1.54, 1.807) is 24.3 Å². The Morgan fingerprint density at radius 2 is 1.75 bits per heavy atom. The fourth-order valence-corrected chi connectivity index (χ4v) is 3.89. The number of para-hydroxylation sites is 1. The molecule has 146 valence electrons.